The third-order valence-electron chi connectivity index (χ3n) is 4.53. The number of carbonyl (C=O) groups excluding carboxylic acids is 1. The lowest BCUT2D eigenvalue weighted by atomic mass is 10.0. The summed E-state index contributed by atoms with van der Waals surface area (Å²) in [6.07, 6.45) is 3.60. The molecule has 4 rings (SSSR count). The van der Waals surface area contributed by atoms with Crippen LogP contribution in [0.1, 0.15) is 11.1 Å². The van der Waals surface area contributed by atoms with Crippen molar-refractivity contribution in [3.05, 3.63) is 83.4 Å². The molecule has 0 unspecified atom stereocenters. The average Bonchev–Trinajstić information content (AvgIpc) is 3.08. The van der Waals surface area contributed by atoms with E-state index in [4.69, 9.17) is 14.2 Å². The molecule has 0 amide bonds. The average molecular weight is 358 g/mol. The monoisotopic (exact) mass is 358 g/mol. The molecule has 1 aliphatic rings. The van der Waals surface area contributed by atoms with Crippen LogP contribution in [0.5, 0.6) is 11.5 Å². The van der Waals surface area contributed by atoms with Crippen molar-refractivity contribution in [1.29, 1.82) is 0 Å². The number of hydrogen-bond donors (Lipinski definition) is 0. The number of hydrogen-bond acceptors (Lipinski definition) is 4. The summed E-state index contributed by atoms with van der Waals surface area (Å²) in [6.45, 7) is 0. The van der Waals surface area contributed by atoms with Crippen LogP contribution in [0, 0.1) is 0 Å². The Morgan fingerprint density at radius 2 is 1.74 bits per heavy atom. The van der Waals surface area contributed by atoms with Crippen LogP contribution in [0.4, 0.5) is 0 Å². The topological polar surface area (TPSA) is 44.8 Å². The van der Waals surface area contributed by atoms with Crippen molar-refractivity contribution < 1.29 is 19.0 Å². The molecule has 0 N–H and O–H groups in total. The Morgan fingerprint density at radius 1 is 0.926 bits per heavy atom. The maximum Gasteiger partial charge on any atom is 0.343 e. The van der Waals surface area contributed by atoms with Crippen molar-refractivity contribution in [2.24, 2.45) is 0 Å². The van der Waals surface area contributed by atoms with Gasteiger partial charge in [-0.05, 0) is 40.6 Å². The highest BCUT2D eigenvalue weighted by molar-refractivity contribution is 6.07. The van der Waals surface area contributed by atoms with E-state index in [0.29, 0.717) is 28.4 Å². The first-order valence-electron chi connectivity index (χ1n) is 8.55. The van der Waals surface area contributed by atoms with Crippen molar-refractivity contribution in [1.82, 2.24) is 0 Å². The van der Waals surface area contributed by atoms with Gasteiger partial charge in [0.2, 0.25) is 0 Å². The lowest BCUT2D eigenvalue weighted by Crippen LogP contribution is -1.98. The number of rotatable bonds is 4. The van der Waals surface area contributed by atoms with E-state index in [1.54, 1.807) is 32.4 Å². The smallest absolute Gasteiger partial charge is 0.343 e. The van der Waals surface area contributed by atoms with Crippen LogP contribution in [-0.4, -0.2) is 20.2 Å². The van der Waals surface area contributed by atoms with E-state index in [-0.39, 0.29) is 5.97 Å². The van der Waals surface area contributed by atoms with Gasteiger partial charge in [-0.2, -0.15) is 0 Å². The summed E-state index contributed by atoms with van der Waals surface area (Å²) in [5.74, 6) is 1.34. The zero-order valence-electron chi connectivity index (χ0n) is 15.1. The van der Waals surface area contributed by atoms with E-state index in [9.17, 15) is 4.79 Å². The molecule has 1 heterocycles. The van der Waals surface area contributed by atoms with Crippen molar-refractivity contribution in [2.75, 3.05) is 14.2 Å². The Bertz CT molecular complexity index is 1090. The molecule has 3 aromatic carbocycles. The number of carbonyl (C=O) groups is 1. The minimum absolute atomic E-state index is 0.379. The summed E-state index contributed by atoms with van der Waals surface area (Å²) in [7, 11) is 3.16. The van der Waals surface area contributed by atoms with Gasteiger partial charge in [0.15, 0.2) is 0 Å². The summed E-state index contributed by atoms with van der Waals surface area (Å²) in [4.78, 5) is 12.4. The Hall–Kier alpha value is -3.53. The number of esters is 1. The molecule has 0 aliphatic carbocycles. The predicted octanol–water partition coefficient (Wildman–Crippen LogP) is 4.84. The van der Waals surface area contributed by atoms with Crippen molar-refractivity contribution in [3.8, 4) is 11.5 Å². The predicted molar refractivity (Wildman–Crippen MR) is 106 cm³/mol. The summed E-state index contributed by atoms with van der Waals surface area (Å²) in [6, 6.07) is 19.5. The second kappa shape index (κ2) is 7.00. The fraction of sp³-hybridized carbons (Fsp3) is 0.0870. The molecule has 0 spiro atoms. The molecule has 1 aliphatic heterocycles. The second-order valence-corrected chi connectivity index (χ2v) is 6.13. The summed E-state index contributed by atoms with van der Waals surface area (Å²) >= 11 is 0. The Kier molecular flexibility index (Phi) is 4.38. The molecule has 0 atom stereocenters. The summed E-state index contributed by atoms with van der Waals surface area (Å²) in [5, 5.41) is 2.21. The highest BCUT2D eigenvalue weighted by atomic mass is 16.5. The van der Waals surface area contributed by atoms with Gasteiger partial charge >= 0.3 is 5.97 Å². The van der Waals surface area contributed by atoms with E-state index in [1.807, 2.05) is 54.6 Å². The second-order valence-electron chi connectivity index (χ2n) is 6.13. The van der Waals surface area contributed by atoms with Gasteiger partial charge < -0.3 is 14.2 Å². The number of ether oxygens (including phenoxy) is 3. The Labute approximate surface area is 157 Å². The van der Waals surface area contributed by atoms with Crippen LogP contribution in [0.25, 0.3) is 22.6 Å². The fourth-order valence-electron chi connectivity index (χ4n) is 3.17. The van der Waals surface area contributed by atoms with Gasteiger partial charge in [0.25, 0.3) is 0 Å². The molecule has 0 fully saturated rings. The van der Waals surface area contributed by atoms with Gasteiger partial charge in [-0.3, -0.25) is 0 Å². The van der Waals surface area contributed by atoms with E-state index < -0.39 is 0 Å². The SMILES string of the molecule is COc1ccc(C2=C/C(=C/c3cccc4ccccc34)C(=O)O2)c(OC)c1. The first kappa shape index (κ1) is 16.9. The first-order chi connectivity index (χ1) is 13.2. The van der Waals surface area contributed by atoms with Crippen LogP contribution >= 0.6 is 0 Å². The minimum Gasteiger partial charge on any atom is -0.497 e. The van der Waals surface area contributed by atoms with E-state index in [0.717, 1.165) is 16.3 Å². The van der Waals surface area contributed by atoms with Gasteiger partial charge in [0.1, 0.15) is 17.3 Å². The molecule has 4 heteroatoms. The number of benzene rings is 3. The van der Waals surface area contributed by atoms with Crippen molar-refractivity contribution in [3.63, 3.8) is 0 Å². The molecule has 4 nitrogen and oxygen atoms in total. The Balaban J connectivity index is 1.76. The number of cyclic esters (lactones) is 1. The van der Waals surface area contributed by atoms with Gasteiger partial charge in [-0.25, -0.2) is 4.79 Å². The van der Waals surface area contributed by atoms with E-state index in [2.05, 4.69) is 0 Å². The van der Waals surface area contributed by atoms with E-state index in [1.165, 1.54) is 0 Å². The van der Waals surface area contributed by atoms with Crippen LogP contribution < -0.4 is 9.47 Å². The normalized spacial score (nSPS) is 15.0. The molecule has 0 saturated heterocycles. The zero-order valence-corrected chi connectivity index (χ0v) is 15.1. The summed E-state index contributed by atoms with van der Waals surface area (Å²) < 4.78 is 16.1. The summed E-state index contributed by atoms with van der Waals surface area (Å²) in [5.41, 5.74) is 2.17. The van der Waals surface area contributed by atoms with Gasteiger partial charge in [-0.1, -0.05) is 42.5 Å². The van der Waals surface area contributed by atoms with Gasteiger partial charge in [-0.15, -0.1) is 0 Å². The highest BCUT2D eigenvalue weighted by Gasteiger charge is 2.24. The van der Waals surface area contributed by atoms with Crippen LogP contribution in [-0.2, 0) is 9.53 Å². The molecule has 0 radical (unpaired) electrons. The lowest BCUT2D eigenvalue weighted by Gasteiger charge is -2.10. The zero-order chi connectivity index (χ0) is 18.8. The molecule has 134 valence electrons. The maximum absolute atomic E-state index is 12.4. The maximum atomic E-state index is 12.4. The lowest BCUT2D eigenvalue weighted by molar-refractivity contribution is -0.130. The minimum atomic E-state index is -0.379. The quantitative estimate of drug-likeness (QED) is 0.495. The Morgan fingerprint density at radius 3 is 2.56 bits per heavy atom. The molecule has 27 heavy (non-hydrogen) atoms. The molecule has 3 aromatic rings. The molecule has 0 aromatic heterocycles. The van der Waals surface area contributed by atoms with Crippen LogP contribution in [0.15, 0.2) is 72.3 Å². The highest BCUT2D eigenvalue weighted by Crippen LogP contribution is 2.35. The van der Waals surface area contributed by atoms with E-state index >= 15 is 0 Å². The van der Waals surface area contributed by atoms with Crippen LogP contribution in [0.3, 0.4) is 0 Å². The molecular formula is C23H18O4. The standard InChI is InChI=1S/C23H18O4/c1-25-18-10-11-20(21(14-18)26-2)22-13-17(23(24)27-22)12-16-8-5-7-15-6-3-4-9-19(15)16/h3-14H,1-2H3/b17-12-. The number of methoxy groups -OCH3 is 2. The largest absolute Gasteiger partial charge is 0.497 e. The first-order valence-corrected chi connectivity index (χ1v) is 8.55. The van der Waals surface area contributed by atoms with Crippen molar-refractivity contribution in [2.45, 2.75) is 0 Å². The number of fused-ring (bicyclic) bond motifs is 1. The van der Waals surface area contributed by atoms with Crippen LogP contribution in [0.2, 0.25) is 0 Å². The fourth-order valence-corrected chi connectivity index (χ4v) is 3.17. The third kappa shape index (κ3) is 3.17. The molecular weight excluding hydrogens is 340 g/mol. The third-order valence-corrected chi connectivity index (χ3v) is 4.53. The van der Waals surface area contributed by atoms with Gasteiger partial charge in [0.05, 0.1) is 25.4 Å². The molecule has 0 saturated carbocycles. The van der Waals surface area contributed by atoms with Gasteiger partial charge in [0, 0.05) is 6.07 Å². The molecule has 0 bridgehead atoms. The van der Waals surface area contributed by atoms with Crippen molar-refractivity contribution >= 4 is 28.6 Å².